The fourth-order valence-electron chi connectivity index (χ4n) is 4.54. The van der Waals surface area contributed by atoms with Crippen molar-refractivity contribution >= 4 is 33.7 Å². The van der Waals surface area contributed by atoms with Crippen LogP contribution in [0, 0.1) is 6.92 Å². The van der Waals surface area contributed by atoms with E-state index < -0.39 is 33.7 Å². The molecule has 0 saturated carbocycles. The van der Waals surface area contributed by atoms with Crippen LogP contribution >= 0.6 is 0 Å². The predicted octanol–water partition coefficient (Wildman–Crippen LogP) is 5.84. The van der Waals surface area contributed by atoms with Crippen LogP contribution in [0.5, 0.6) is 5.75 Å². The molecule has 1 aromatic heterocycles. The SMILES string of the molecule is COc1ccc(-c2ccc(-c3cccc(NC(=O)[C@H](CCCN=C(N)NS(=O)(=O)c4ccc(C)cc4)NC(=O)OC(C)(C)C)c3)o2)cc1. The molecule has 0 saturated heterocycles. The molecule has 0 aliphatic rings. The smallest absolute Gasteiger partial charge is 0.408 e. The van der Waals surface area contributed by atoms with Crippen LogP contribution in [-0.2, 0) is 19.6 Å². The van der Waals surface area contributed by atoms with Gasteiger partial charge < -0.3 is 30.3 Å². The Balaban J connectivity index is 1.41. The van der Waals surface area contributed by atoms with Crippen LogP contribution in [0.2, 0.25) is 0 Å². The number of aryl methyl sites for hydroxylation is 1. The molecule has 2 amide bonds. The van der Waals surface area contributed by atoms with E-state index in [-0.39, 0.29) is 23.8 Å². The van der Waals surface area contributed by atoms with Crippen molar-refractivity contribution in [2.45, 2.75) is 57.1 Å². The van der Waals surface area contributed by atoms with Gasteiger partial charge in [0.1, 0.15) is 28.9 Å². The second-order valence-corrected chi connectivity index (χ2v) is 13.7. The molecule has 1 atom stereocenters. The summed E-state index contributed by atoms with van der Waals surface area (Å²) in [5.74, 6) is 1.25. The summed E-state index contributed by atoms with van der Waals surface area (Å²) in [6.07, 6.45) is -0.302. The van der Waals surface area contributed by atoms with E-state index in [9.17, 15) is 18.0 Å². The summed E-state index contributed by atoms with van der Waals surface area (Å²) >= 11 is 0. The third kappa shape index (κ3) is 10.4. The van der Waals surface area contributed by atoms with E-state index in [1.54, 1.807) is 58.2 Å². The van der Waals surface area contributed by atoms with Gasteiger partial charge in [0.2, 0.25) is 11.9 Å². The minimum atomic E-state index is -3.91. The third-order valence-corrected chi connectivity index (χ3v) is 8.28. The van der Waals surface area contributed by atoms with E-state index in [0.29, 0.717) is 23.6 Å². The lowest BCUT2D eigenvalue weighted by Gasteiger charge is -2.23. The van der Waals surface area contributed by atoms with E-state index in [0.717, 1.165) is 22.4 Å². The van der Waals surface area contributed by atoms with Crippen LogP contribution in [-0.4, -0.2) is 51.7 Å². The number of benzene rings is 3. The number of rotatable bonds is 12. The van der Waals surface area contributed by atoms with Crippen molar-refractivity contribution in [1.82, 2.24) is 10.0 Å². The Morgan fingerprint density at radius 3 is 2.25 bits per heavy atom. The summed E-state index contributed by atoms with van der Waals surface area (Å²) in [4.78, 5) is 30.2. The van der Waals surface area contributed by atoms with Gasteiger partial charge in [0.05, 0.1) is 12.0 Å². The number of nitrogens with zero attached hydrogens (tertiary/aromatic N) is 1. The van der Waals surface area contributed by atoms with Crippen molar-refractivity contribution < 1.29 is 31.9 Å². The van der Waals surface area contributed by atoms with Crippen molar-refractivity contribution in [3.05, 3.63) is 90.5 Å². The molecule has 0 aliphatic heterocycles. The molecule has 4 aromatic rings. The number of amides is 2. The highest BCUT2D eigenvalue weighted by atomic mass is 32.2. The Labute approximate surface area is 280 Å². The van der Waals surface area contributed by atoms with Crippen LogP contribution in [0.25, 0.3) is 22.6 Å². The van der Waals surface area contributed by atoms with Crippen LogP contribution in [0.4, 0.5) is 10.5 Å². The van der Waals surface area contributed by atoms with Gasteiger partial charge in [-0.3, -0.25) is 9.79 Å². The van der Waals surface area contributed by atoms with Gasteiger partial charge in [-0.05, 0) is 101 Å². The number of guanidine groups is 1. The molecule has 3 aromatic carbocycles. The van der Waals surface area contributed by atoms with E-state index in [4.69, 9.17) is 19.6 Å². The minimum Gasteiger partial charge on any atom is -0.497 e. The summed E-state index contributed by atoms with van der Waals surface area (Å²) in [6, 6.07) is 23.7. The van der Waals surface area contributed by atoms with E-state index >= 15 is 0 Å². The highest BCUT2D eigenvalue weighted by Crippen LogP contribution is 2.30. The molecule has 4 rings (SSSR count). The number of carbonyl (C=O) groups is 2. The number of hydrogen-bond acceptors (Lipinski definition) is 8. The molecule has 0 bridgehead atoms. The Bertz CT molecular complexity index is 1850. The third-order valence-electron chi connectivity index (χ3n) is 6.91. The zero-order valence-corrected chi connectivity index (χ0v) is 28.4. The Kier molecular flexibility index (Phi) is 11.5. The number of aliphatic imine (C=N–C) groups is 1. The maximum Gasteiger partial charge on any atom is 0.408 e. The number of sulfonamides is 1. The molecule has 0 spiro atoms. The van der Waals surface area contributed by atoms with Gasteiger partial charge in [-0.1, -0.05) is 29.8 Å². The summed E-state index contributed by atoms with van der Waals surface area (Å²) in [5, 5.41) is 5.49. The average Bonchev–Trinajstić information content (AvgIpc) is 3.52. The van der Waals surface area contributed by atoms with Crippen molar-refractivity contribution in [3.63, 3.8) is 0 Å². The normalized spacial score (nSPS) is 12.6. The van der Waals surface area contributed by atoms with Gasteiger partial charge in [-0.2, -0.15) is 0 Å². The number of methoxy groups -OCH3 is 1. The van der Waals surface area contributed by atoms with E-state index in [2.05, 4.69) is 20.3 Å². The molecule has 13 heteroatoms. The lowest BCUT2D eigenvalue weighted by Crippen LogP contribution is -2.46. The first-order valence-corrected chi connectivity index (χ1v) is 16.8. The second kappa shape index (κ2) is 15.5. The van der Waals surface area contributed by atoms with Crippen LogP contribution in [0.3, 0.4) is 0 Å². The molecule has 0 unspecified atom stereocenters. The topological polar surface area (TPSA) is 174 Å². The molecule has 48 heavy (non-hydrogen) atoms. The fraction of sp³-hybridized carbons (Fsp3) is 0.286. The predicted molar refractivity (Wildman–Crippen MR) is 185 cm³/mol. The molecule has 0 radical (unpaired) electrons. The highest BCUT2D eigenvalue weighted by molar-refractivity contribution is 7.90. The summed E-state index contributed by atoms with van der Waals surface area (Å²) in [5.41, 5.74) is 8.09. The Morgan fingerprint density at radius 1 is 0.938 bits per heavy atom. The van der Waals surface area contributed by atoms with Crippen LogP contribution in [0.1, 0.15) is 39.2 Å². The number of furan rings is 1. The number of nitrogens with two attached hydrogens (primary N) is 1. The van der Waals surface area contributed by atoms with Crippen molar-refractivity contribution in [2.24, 2.45) is 10.7 Å². The minimum absolute atomic E-state index is 0.0540. The Hall–Kier alpha value is -5.30. The number of hydrogen-bond donors (Lipinski definition) is 4. The average molecular weight is 676 g/mol. The largest absolute Gasteiger partial charge is 0.497 e. The number of ether oxygens (including phenoxy) is 2. The van der Waals surface area contributed by atoms with Gasteiger partial charge in [-0.15, -0.1) is 0 Å². The zero-order chi connectivity index (χ0) is 34.9. The van der Waals surface area contributed by atoms with Crippen LogP contribution in [0.15, 0.2) is 99.2 Å². The lowest BCUT2D eigenvalue weighted by atomic mass is 10.1. The first kappa shape index (κ1) is 35.6. The standard InChI is InChI=1S/C35H41N5O7S/c1-23-11-17-28(18-12-23)48(43,44)40-33(36)37-21-7-10-29(39-34(42)47-35(2,3)4)32(41)38-26-9-6-8-25(22-26)31-20-19-30(46-31)24-13-15-27(45-5)16-14-24/h6,8-9,11-20,22,29H,7,10,21H2,1-5H3,(H,38,41)(H,39,42)(H3,36,37,40)/t29-/m0/s1. The molecule has 254 valence electrons. The monoisotopic (exact) mass is 675 g/mol. The summed E-state index contributed by atoms with van der Waals surface area (Å²) < 4.78 is 44.1. The maximum absolute atomic E-state index is 13.4. The highest BCUT2D eigenvalue weighted by Gasteiger charge is 2.25. The zero-order valence-electron chi connectivity index (χ0n) is 27.6. The van der Waals surface area contributed by atoms with E-state index in [1.165, 1.54) is 12.1 Å². The fourth-order valence-corrected chi connectivity index (χ4v) is 5.50. The van der Waals surface area contributed by atoms with E-state index in [1.807, 2.05) is 49.4 Å². The molecule has 0 aliphatic carbocycles. The number of nitrogens with one attached hydrogen (secondary N) is 3. The number of carbonyl (C=O) groups excluding carboxylic acids is 2. The molecular formula is C35H41N5O7S. The lowest BCUT2D eigenvalue weighted by molar-refractivity contribution is -0.118. The second-order valence-electron chi connectivity index (χ2n) is 12.0. The van der Waals surface area contributed by atoms with Crippen LogP contribution < -0.4 is 25.8 Å². The van der Waals surface area contributed by atoms with Gasteiger partial charge in [0.15, 0.2) is 0 Å². The molecule has 12 nitrogen and oxygen atoms in total. The van der Waals surface area contributed by atoms with Crippen molar-refractivity contribution in [2.75, 3.05) is 19.0 Å². The van der Waals surface area contributed by atoms with Gasteiger partial charge in [0.25, 0.3) is 10.0 Å². The van der Waals surface area contributed by atoms with Gasteiger partial charge in [-0.25, -0.2) is 17.9 Å². The first-order valence-electron chi connectivity index (χ1n) is 15.3. The summed E-state index contributed by atoms with van der Waals surface area (Å²) in [7, 11) is -2.30. The quantitative estimate of drug-likeness (QED) is 0.0824. The van der Waals surface area contributed by atoms with Crippen molar-refractivity contribution in [1.29, 1.82) is 0 Å². The number of anilines is 1. The van der Waals surface area contributed by atoms with Gasteiger partial charge in [0, 0.05) is 23.4 Å². The van der Waals surface area contributed by atoms with Gasteiger partial charge >= 0.3 is 6.09 Å². The number of alkyl carbamates (subject to hydrolysis) is 1. The molecule has 1 heterocycles. The maximum atomic E-state index is 13.4. The molecule has 5 N–H and O–H groups in total. The summed E-state index contributed by atoms with van der Waals surface area (Å²) in [6.45, 7) is 7.10. The first-order chi connectivity index (χ1) is 22.7. The molecule has 0 fully saturated rings. The molecular weight excluding hydrogens is 634 g/mol. The Morgan fingerprint density at radius 2 is 1.60 bits per heavy atom. The van der Waals surface area contributed by atoms with Crippen molar-refractivity contribution in [3.8, 4) is 28.4 Å².